The fraction of sp³-hybridized carbons (Fsp3) is 0.720. The van der Waals surface area contributed by atoms with Crippen LogP contribution in [0.5, 0.6) is 0 Å². The van der Waals surface area contributed by atoms with E-state index < -0.39 is 64.3 Å². The summed E-state index contributed by atoms with van der Waals surface area (Å²) in [5, 5.41) is 23.4. The Morgan fingerprint density at radius 1 is 1.23 bits per heavy atom. The number of aliphatic hydroxyl groups is 2. The molecule has 4 unspecified atom stereocenters. The first-order valence-corrected chi connectivity index (χ1v) is 17.1. The predicted molar refractivity (Wildman–Crippen MR) is 156 cm³/mol. The van der Waals surface area contributed by atoms with E-state index in [4.69, 9.17) is 29.3 Å². The smallest absolute Gasteiger partial charge is 0.465 e. The molecule has 8 N–H and O–H groups in total. The Labute approximate surface area is 255 Å². The predicted octanol–water partition coefficient (Wildman–Crippen LogP) is 1.53. The first-order valence-electron chi connectivity index (χ1n) is 14.0. The van der Waals surface area contributed by atoms with E-state index in [2.05, 4.69) is 42.5 Å². The van der Waals surface area contributed by atoms with Crippen molar-refractivity contribution in [2.75, 3.05) is 32.1 Å². The van der Waals surface area contributed by atoms with Crippen molar-refractivity contribution in [1.29, 1.82) is 0 Å². The zero-order chi connectivity index (χ0) is 33.3. The second-order valence-electron chi connectivity index (χ2n) is 11.5. The van der Waals surface area contributed by atoms with Gasteiger partial charge in [-0.1, -0.05) is 40.5 Å². The molecule has 0 radical (unpaired) electrons. The molecule has 1 aromatic rings. The molecule has 252 valence electrons. The highest BCUT2D eigenvalue weighted by molar-refractivity contribution is 7.47. The van der Waals surface area contributed by atoms with Crippen LogP contribution in [0.4, 0.5) is 5.82 Å². The van der Waals surface area contributed by atoms with Crippen molar-refractivity contribution < 1.29 is 57.1 Å². The molecule has 44 heavy (non-hydrogen) atoms. The summed E-state index contributed by atoms with van der Waals surface area (Å²) in [6.07, 6.45) is 0.430. The molecule has 0 saturated heterocycles. The third kappa shape index (κ3) is 12.2. The number of rotatable bonds is 18. The topological polar surface area (TPSA) is 262 Å². The van der Waals surface area contributed by atoms with Crippen molar-refractivity contribution >= 4 is 27.4 Å². The maximum atomic E-state index is 12.8. The summed E-state index contributed by atoms with van der Waals surface area (Å²) in [6.45, 7) is 6.96. The Hall–Kier alpha value is -2.33. The van der Waals surface area contributed by atoms with Gasteiger partial charge in [-0.3, -0.25) is 23.3 Å². The molecule has 19 heteroatoms. The number of ether oxygens (including phenoxy) is 1. The molecule has 2 rings (SSSR count). The number of nitrogen functional groups attached to an aromatic ring is 1. The van der Waals surface area contributed by atoms with Crippen LogP contribution in [0.2, 0.25) is 0 Å². The summed E-state index contributed by atoms with van der Waals surface area (Å²) in [4.78, 5) is 56.5. The fourth-order valence-electron chi connectivity index (χ4n) is 4.47. The number of phosphoric ester groups is 2. The molecule has 0 saturated carbocycles. The van der Waals surface area contributed by atoms with E-state index in [0.29, 0.717) is 32.2 Å². The lowest BCUT2D eigenvalue weighted by Gasteiger charge is -2.29. The van der Waals surface area contributed by atoms with Gasteiger partial charge in [-0.15, -0.1) is 0 Å². The van der Waals surface area contributed by atoms with Crippen LogP contribution in [0.3, 0.4) is 0 Å². The van der Waals surface area contributed by atoms with Gasteiger partial charge < -0.3 is 40.3 Å². The van der Waals surface area contributed by atoms with E-state index in [1.165, 1.54) is 6.07 Å². The molecule has 1 aliphatic heterocycles. The zero-order valence-corrected chi connectivity index (χ0v) is 27.0. The molecule has 1 aromatic heterocycles. The maximum Gasteiger partial charge on any atom is 0.527 e. The van der Waals surface area contributed by atoms with Crippen molar-refractivity contribution in [2.24, 2.45) is 17.3 Å². The number of unbranched alkanes of at least 4 members (excludes halogenated alkanes) is 1. The van der Waals surface area contributed by atoms with E-state index in [1.807, 2.05) is 0 Å². The van der Waals surface area contributed by atoms with Crippen molar-refractivity contribution in [2.45, 2.75) is 72.1 Å². The van der Waals surface area contributed by atoms with Gasteiger partial charge in [0.1, 0.15) is 12.4 Å². The summed E-state index contributed by atoms with van der Waals surface area (Å²) in [5.74, 6) is -1.87. The van der Waals surface area contributed by atoms with Crippen molar-refractivity contribution in [3.05, 3.63) is 34.3 Å². The van der Waals surface area contributed by atoms with Gasteiger partial charge >= 0.3 is 21.3 Å². The van der Waals surface area contributed by atoms with E-state index in [1.54, 1.807) is 0 Å². The Balaban J connectivity index is 1.96. The number of hydrogen-bond donors (Lipinski definition) is 7. The number of aliphatic hydroxyl groups excluding tert-OH is 2. The largest absolute Gasteiger partial charge is 0.527 e. The van der Waals surface area contributed by atoms with Crippen LogP contribution in [0.25, 0.3) is 0 Å². The quantitative estimate of drug-likeness (QED) is 0.0862. The van der Waals surface area contributed by atoms with Crippen LogP contribution in [0, 0.1) is 17.3 Å². The molecule has 0 spiro atoms. The SMILES string of the molecule is CCC(CC(=O)NCCCCC(CO)COP(=O)(O)OC1=C(COP(=O)(O)O)O[C@@H](n2ccc(N)nc2=O)C1O)C(C)(C)C. The Kier molecular flexibility index (Phi) is 14.0. The van der Waals surface area contributed by atoms with Crippen LogP contribution in [-0.2, 0) is 32.2 Å². The minimum Gasteiger partial charge on any atom is -0.465 e. The van der Waals surface area contributed by atoms with E-state index >= 15 is 0 Å². The summed E-state index contributed by atoms with van der Waals surface area (Å²) in [5.41, 5.74) is 4.52. The van der Waals surface area contributed by atoms with Crippen LogP contribution < -0.4 is 16.7 Å². The second-order valence-corrected chi connectivity index (χ2v) is 14.1. The second kappa shape index (κ2) is 16.3. The van der Waals surface area contributed by atoms with Crippen LogP contribution in [-0.4, -0.2) is 72.8 Å². The highest BCUT2D eigenvalue weighted by atomic mass is 31.2. The fourth-order valence-corrected chi connectivity index (χ4v) is 5.66. The van der Waals surface area contributed by atoms with Crippen LogP contribution in [0.15, 0.2) is 28.6 Å². The van der Waals surface area contributed by atoms with Crippen molar-refractivity contribution in [3.8, 4) is 0 Å². The van der Waals surface area contributed by atoms with Gasteiger partial charge in [0.05, 0.1) is 6.61 Å². The molecule has 1 amide bonds. The third-order valence-corrected chi connectivity index (χ3v) is 8.39. The summed E-state index contributed by atoms with van der Waals surface area (Å²) in [6, 6.07) is 1.21. The van der Waals surface area contributed by atoms with Gasteiger partial charge in [0.15, 0.2) is 17.6 Å². The molecule has 5 atom stereocenters. The minimum absolute atomic E-state index is 0.0173. The number of amides is 1. The Bertz CT molecular complexity index is 1290. The van der Waals surface area contributed by atoms with Gasteiger partial charge in [-0.25, -0.2) is 13.9 Å². The van der Waals surface area contributed by atoms with Gasteiger partial charge in [0.25, 0.3) is 0 Å². The van der Waals surface area contributed by atoms with Gasteiger partial charge in [-0.05, 0) is 30.2 Å². The first-order chi connectivity index (χ1) is 20.4. The molecular weight excluding hydrogens is 626 g/mol. The van der Waals surface area contributed by atoms with Gasteiger partial charge in [0, 0.05) is 31.7 Å². The number of phosphoric acid groups is 2. The number of nitrogens with two attached hydrogens (primary N) is 1. The minimum atomic E-state index is -5.05. The first kappa shape index (κ1) is 37.9. The number of nitrogens with zero attached hydrogens (tertiary/aromatic N) is 2. The lowest BCUT2D eigenvalue weighted by molar-refractivity contribution is -0.122. The molecule has 17 nitrogen and oxygen atoms in total. The van der Waals surface area contributed by atoms with Crippen LogP contribution in [0.1, 0.15) is 66.0 Å². The molecular formula is C25H44N4O13P2. The zero-order valence-electron chi connectivity index (χ0n) is 25.2. The van der Waals surface area contributed by atoms with Crippen molar-refractivity contribution in [1.82, 2.24) is 14.9 Å². The Morgan fingerprint density at radius 2 is 1.91 bits per heavy atom. The lowest BCUT2D eigenvalue weighted by atomic mass is 9.77. The lowest BCUT2D eigenvalue weighted by Crippen LogP contribution is -2.33. The summed E-state index contributed by atoms with van der Waals surface area (Å²) in [7, 11) is -10.1. The van der Waals surface area contributed by atoms with E-state index in [9.17, 15) is 33.8 Å². The van der Waals surface area contributed by atoms with Crippen LogP contribution >= 0.6 is 15.6 Å². The average molecular weight is 671 g/mol. The molecule has 2 heterocycles. The molecule has 0 fully saturated rings. The van der Waals surface area contributed by atoms with E-state index in [-0.39, 0.29) is 29.7 Å². The summed E-state index contributed by atoms with van der Waals surface area (Å²) < 4.78 is 44.5. The molecule has 0 bridgehead atoms. The highest BCUT2D eigenvalue weighted by Gasteiger charge is 2.43. The maximum absolute atomic E-state index is 12.8. The van der Waals surface area contributed by atoms with Gasteiger partial charge in [-0.2, -0.15) is 4.98 Å². The number of carbonyl (C=O) groups excluding carboxylic acids is 1. The normalized spacial score (nSPS) is 20.1. The number of nitrogens with one attached hydrogen (secondary N) is 1. The van der Waals surface area contributed by atoms with E-state index in [0.717, 1.165) is 17.2 Å². The monoisotopic (exact) mass is 670 g/mol. The summed E-state index contributed by atoms with van der Waals surface area (Å²) >= 11 is 0. The standard InChI is InChI=1S/C25H44N4O13P2/c1-5-17(25(2,3)4)12-20(31)27-10-7-6-8-16(13-30)14-40-44(37,38)42-22-18(15-39-43(34,35)36)41-23(21(22)32)29-11-9-19(26)28-24(29)33/h9,11,16-17,21,23,30,32H,5-8,10,12-15H2,1-4H3,(H,27,31)(H,37,38)(H2,26,28,33)(H2,34,35,36)/t16?,17?,21?,23-/m1/s1. The number of aromatic nitrogens is 2. The third-order valence-electron chi connectivity index (χ3n) is 7.02. The number of anilines is 1. The molecule has 1 aliphatic rings. The number of carbonyl (C=O) groups is 1. The molecule has 0 aromatic carbocycles. The molecule has 0 aliphatic carbocycles. The highest BCUT2D eigenvalue weighted by Crippen LogP contribution is 2.50. The number of hydrogen-bond acceptors (Lipinski definition) is 12. The average Bonchev–Trinajstić information content (AvgIpc) is 3.20. The van der Waals surface area contributed by atoms with Gasteiger partial charge in [0.2, 0.25) is 12.1 Å². The van der Waals surface area contributed by atoms with Crippen molar-refractivity contribution in [3.63, 3.8) is 0 Å². The Morgan fingerprint density at radius 3 is 2.48 bits per heavy atom.